The summed E-state index contributed by atoms with van der Waals surface area (Å²) in [6.45, 7) is 5.95. The molecule has 1 saturated heterocycles. The van der Waals surface area contributed by atoms with E-state index in [1.165, 1.54) is 23.0 Å². The van der Waals surface area contributed by atoms with Crippen molar-refractivity contribution in [3.8, 4) is 0 Å². The van der Waals surface area contributed by atoms with Crippen molar-refractivity contribution in [2.75, 3.05) is 50.5 Å². The highest BCUT2D eigenvalue weighted by Gasteiger charge is 2.26. The highest BCUT2D eigenvalue weighted by molar-refractivity contribution is 7.88. The van der Waals surface area contributed by atoms with Crippen LogP contribution in [0.25, 0.3) is 0 Å². The van der Waals surface area contributed by atoms with Crippen LogP contribution >= 0.6 is 0 Å². The van der Waals surface area contributed by atoms with E-state index in [1.807, 2.05) is 9.80 Å². The molecule has 2 aromatic carbocycles. The third kappa shape index (κ3) is 5.54. The van der Waals surface area contributed by atoms with Crippen LogP contribution in [0.5, 0.6) is 0 Å². The van der Waals surface area contributed by atoms with E-state index in [2.05, 4.69) is 23.1 Å². The van der Waals surface area contributed by atoms with Gasteiger partial charge in [0.05, 0.1) is 0 Å². The van der Waals surface area contributed by atoms with Crippen LogP contribution in [0.4, 0.5) is 10.1 Å². The maximum atomic E-state index is 13.9. The van der Waals surface area contributed by atoms with Gasteiger partial charge in [-0.05, 0) is 35.7 Å². The van der Waals surface area contributed by atoms with E-state index < -0.39 is 15.8 Å². The van der Waals surface area contributed by atoms with Gasteiger partial charge in [0.1, 0.15) is 11.7 Å². The van der Waals surface area contributed by atoms with Crippen molar-refractivity contribution in [3.05, 3.63) is 65.0 Å². The first kappa shape index (κ1) is 23.7. The molecule has 2 heterocycles. The number of carbonyl (C=O) groups is 1. The lowest BCUT2D eigenvalue weighted by atomic mass is 9.99. The average molecular weight is 475 g/mol. The number of amides is 1. The Kier molecular flexibility index (Phi) is 7.02. The van der Waals surface area contributed by atoms with Crippen LogP contribution in [0.3, 0.4) is 0 Å². The Morgan fingerprint density at radius 3 is 2.45 bits per heavy atom. The zero-order valence-corrected chi connectivity index (χ0v) is 20.0. The topological polar surface area (TPSA) is 64.2 Å². The third-order valence-corrected chi connectivity index (χ3v) is 8.31. The first-order valence-corrected chi connectivity index (χ1v) is 12.9. The van der Waals surface area contributed by atoms with E-state index in [9.17, 15) is 17.6 Å². The van der Waals surface area contributed by atoms with Gasteiger partial charge >= 0.3 is 0 Å². The molecule has 0 bridgehead atoms. The summed E-state index contributed by atoms with van der Waals surface area (Å²) >= 11 is 0. The fourth-order valence-corrected chi connectivity index (χ4v) is 5.69. The maximum absolute atomic E-state index is 13.9. The Balaban J connectivity index is 1.37. The van der Waals surface area contributed by atoms with Crippen molar-refractivity contribution in [1.29, 1.82) is 0 Å². The van der Waals surface area contributed by atoms with Crippen molar-refractivity contribution in [2.24, 2.45) is 0 Å². The van der Waals surface area contributed by atoms with Gasteiger partial charge in [-0.3, -0.25) is 9.69 Å². The number of fused-ring (bicyclic) bond motifs is 1. The van der Waals surface area contributed by atoms with Gasteiger partial charge in [-0.15, -0.1) is 0 Å². The summed E-state index contributed by atoms with van der Waals surface area (Å²) in [4.78, 5) is 17.7. The molecule has 1 amide bonds. The van der Waals surface area contributed by atoms with Crippen LogP contribution in [0, 0.1) is 5.82 Å². The summed E-state index contributed by atoms with van der Waals surface area (Å²) in [7, 11) is -2.06. The molecule has 178 valence electrons. The summed E-state index contributed by atoms with van der Waals surface area (Å²) in [5, 5.41) is 0. The minimum absolute atomic E-state index is 0.0136. The Morgan fingerprint density at radius 1 is 1.03 bits per heavy atom. The number of benzene rings is 2. The third-order valence-electron chi connectivity index (χ3n) is 6.54. The molecule has 0 spiro atoms. The van der Waals surface area contributed by atoms with Gasteiger partial charge in [-0.1, -0.05) is 24.3 Å². The lowest BCUT2D eigenvalue weighted by Crippen LogP contribution is -2.48. The first-order chi connectivity index (χ1) is 15.7. The maximum Gasteiger partial charge on any atom is 0.227 e. The van der Waals surface area contributed by atoms with Crippen LogP contribution in [0.1, 0.15) is 23.6 Å². The number of sulfonamides is 1. The molecular formula is C24H31FN4O3S. The smallest absolute Gasteiger partial charge is 0.227 e. The van der Waals surface area contributed by atoms with E-state index in [0.717, 1.165) is 43.9 Å². The lowest BCUT2D eigenvalue weighted by Gasteiger charge is -2.36. The summed E-state index contributed by atoms with van der Waals surface area (Å²) in [6.07, 6.45) is 0.781. The number of halogens is 1. The molecule has 0 N–H and O–H groups in total. The Labute approximate surface area is 195 Å². The molecule has 7 nitrogen and oxygen atoms in total. The number of carbonyl (C=O) groups excluding carboxylic acids is 1. The number of hydrogen-bond acceptors (Lipinski definition) is 5. The van der Waals surface area contributed by atoms with Gasteiger partial charge in [0, 0.05) is 71.0 Å². The molecule has 0 saturated carbocycles. The first-order valence-electron chi connectivity index (χ1n) is 11.2. The summed E-state index contributed by atoms with van der Waals surface area (Å²) in [5.74, 6) is -0.369. The molecule has 0 aromatic heterocycles. The van der Waals surface area contributed by atoms with E-state index in [0.29, 0.717) is 18.7 Å². The quantitative estimate of drug-likeness (QED) is 0.643. The number of piperazine rings is 1. The van der Waals surface area contributed by atoms with Crippen molar-refractivity contribution < 1.29 is 17.6 Å². The molecule has 33 heavy (non-hydrogen) atoms. The fourth-order valence-electron chi connectivity index (χ4n) is 4.48. The largest absolute Gasteiger partial charge is 0.368 e. The standard InChI is InChI=1S/C24H31FN4O3S/c1-19(30)28-11-13-29(14-12-28)23-8-7-21-17-27(10-9-20(21)15-23)18-33(31,32)26(2)16-22-5-3-4-6-24(22)25/h3-8,15H,9-14,16-18H2,1-2H3. The zero-order chi connectivity index (χ0) is 23.6. The minimum atomic E-state index is -3.56. The molecule has 4 rings (SSSR count). The summed E-state index contributed by atoms with van der Waals surface area (Å²) in [6, 6.07) is 12.6. The van der Waals surface area contributed by atoms with Gasteiger partial charge < -0.3 is 9.80 Å². The predicted molar refractivity (Wildman–Crippen MR) is 127 cm³/mol. The second-order valence-electron chi connectivity index (χ2n) is 8.84. The molecule has 2 aliphatic rings. The van der Waals surface area contributed by atoms with Crippen LogP contribution in [-0.2, 0) is 34.3 Å². The van der Waals surface area contributed by atoms with E-state index in [-0.39, 0.29) is 18.3 Å². The van der Waals surface area contributed by atoms with Gasteiger partial charge in [-0.2, -0.15) is 4.31 Å². The summed E-state index contributed by atoms with van der Waals surface area (Å²) in [5.41, 5.74) is 3.90. The Bertz CT molecular complexity index is 1120. The van der Waals surface area contributed by atoms with E-state index in [4.69, 9.17) is 0 Å². The molecule has 9 heteroatoms. The zero-order valence-electron chi connectivity index (χ0n) is 19.2. The second-order valence-corrected chi connectivity index (χ2v) is 10.9. The molecule has 0 atom stereocenters. The van der Waals surface area contributed by atoms with Crippen LogP contribution in [0.2, 0.25) is 0 Å². The van der Waals surface area contributed by atoms with E-state index in [1.54, 1.807) is 25.1 Å². The Hall–Kier alpha value is -2.49. The fraction of sp³-hybridized carbons (Fsp3) is 0.458. The Morgan fingerprint density at radius 2 is 1.76 bits per heavy atom. The monoisotopic (exact) mass is 474 g/mol. The van der Waals surface area contributed by atoms with E-state index >= 15 is 0 Å². The van der Waals surface area contributed by atoms with Crippen molar-refractivity contribution in [1.82, 2.24) is 14.1 Å². The predicted octanol–water partition coefficient (Wildman–Crippen LogP) is 2.27. The SMILES string of the molecule is CC(=O)N1CCN(c2ccc3c(c2)CCN(CS(=O)(=O)N(C)Cc2ccccc2F)C3)CC1. The van der Waals surface area contributed by atoms with Crippen molar-refractivity contribution in [2.45, 2.75) is 26.4 Å². The molecule has 0 aliphatic carbocycles. The number of nitrogens with zero attached hydrogens (tertiary/aromatic N) is 4. The van der Waals surface area contributed by atoms with Gasteiger partial charge in [0.2, 0.25) is 15.9 Å². The minimum Gasteiger partial charge on any atom is -0.368 e. The van der Waals surface area contributed by atoms with Crippen molar-refractivity contribution in [3.63, 3.8) is 0 Å². The van der Waals surface area contributed by atoms with Gasteiger partial charge in [0.25, 0.3) is 0 Å². The highest BCUT2D eigenvalue weighted by atomic mass is 32.2. The molecule has 0 unspecified atom stereocenters. The normalized spacial score (nSPS) is 17.3. The lowest BCUT2D eigenvalue weighted by molar-refractivity contribution is -0.129. The molecule has 1 fully saturated rings. The van der Waals surface area contributed by atoms with Gasteiger partial charge in [0.15, 0.2) is 0 Å². The number of anilines is 1. The van der Waals surface area contributed by atoms with Crippen LogP contribution in [-0.4, -0.2) is 74.1 Å². The number of rotatable bonds is 6. The highest BCUT2D eigenvalue weighted by Crippen LogP contribution is 2.26. The second kappa shape index (κ2) is 9.79. The van der Waals surface area contributed by atoms with Gasteiger partial charge in [-0.25, -0.2) is 12.8 Å². The van der Waals surface area contributed by atoms with Crippen LogP contribution < -0.4 is 4.90 Å². The van der Waals surface area contributed by atoms with Crippen molar-refractivity contribution >= 4 is 21.6 Å². The molecular weight excluding hydrogens is 443 g/mol. The van der Waals surface area contributed by atoms with Crippen LogP contribution in [0.15, 0.2) is 42.5 Å². The molecule has 2 aromatic rings. The average Bonchev–Trinajstić information content (AvgIpc) is 2.80. The molecule has 0 radical (unpaired) electrons. The molecule has 2 aliphatic heterocycles. The summed E-state index contributed by atoms with van der Waals surface area (Å²) < 4.78 is 40.9. The number of hydrogen-bond donors (Lipinski definition) is 0.